The van der Waals surface area contributed by atoms with E-state index in [-0.39, 0.29) is 11.7 Å². The Balaban J connectivity index is 1.85. The van der Waals surface area contributed by atoms with E-state index in [9.17, 15) is 4.79 Å². The lowest BCUT2D eigenvalue weighted by atomic mass is 10.1. The number of carbonyl (C=O) groups excluding carboxylic acids is 1. The Morgan fingerprint density at radius 1 is 1.19 bits per heavy atom. The number of furan rings is 1. The highest BCUT2D eigenvalue weighted by Gasteiger charge is 2.09. The normalized spacial score (nSPS) is 10.3. The molecule has 0 saturated heterocycles. The van der Waals surface area contributed by atoms with Crippen LogP contribution >= 0.6 is 0 Å². The Morgan fingerprint density at radius 3 is 2.86 bits per heavy atom. The highest BCUT2D eigenvalue weighted by molar-refractivity contribution is 6.02. The molecule has 0 fully saturated rings. The molecule has 3 aromatic rings. The summed E-state index contributed by atoms with van der Waals surface area (Å²) < 4.78 is 5.07. The van der Waals surface area contributed by atoms with Crippen molar-refractivity contribution in [2.24, 2.45) is 0 Å². The van der Waals surface area contributed by atoms with E-state index in [4.69, 9.17) is 4.42 Å². The van der Waals surface area contributed by atoms with Gasteiger partial charge in [0.2, 0.25) is 0 Å². The molecule has 2 aromatic heterocycles. The van der Waals surface area contributed by atoms with Crippen molar-refractivity contribution in [2.75, 3.05) is 5.32 Å². The second-order valence-corrected chi connectivity index (χ2v) is 4.50. The van der Waals surface area contributed by atoms with Crippen LogP contribution in [0.25, 0.3) is 11.3 Å². The van der Waals surface area contributed by atoms with Gasteiger partial charge in [0.25, 0.3) is 5.91 Å². The molecule has 1 amide bonds. The second kappa shape index (κ2) is 5.58. The molecule has 0 bridgehead atoms. The van der Waals surface area contributed by atoms with Crippen LogP contribution in [0.2, 0.25) is 0 Å². The smallest absolute Gasteiger partial charge is 0.291 e. The van der Waals surface area contributed by atoms with Gasteiger partial charge in [-0.2, -0.15) is 0 Å². The summed E-state index contributed by atoms with van der Waals surface area (Å²) in [5.41, 5.74) is 2.42. The molecule has 0 aliphatic carbocycles. The van der Waals surface area contributed by atoms with E-state index in [1.54, 1.807) is 18.3 Å². The van der Waals surface area contributed by atoms with E-state index in [2.05, 4.69) is 15.3 Å². The molecular weight excluding hydrogens is 266 g/mol. The topological polar surface area (TPSA) is 68.0 Å². The van der Waals surface area contributed by atoms with Crippen molar-refractivity contribution in [3.63, 3.8) is 0 Å². The van der Waals surface area contributed by atoms with Gasteiger partial charge < -0.3 is 9.73 Å². The summed E-state index contributed by atoms with van der Waals surface area (Å²) in [6, 6.07) is 12.6. The van der Waals surface area contributed by atoms with Crippen molar-refractivity contribution in [2.45, 2.75) is 6.92 Å². The zero-order valence-electron chi connectivity index (χ0n) is 11.4. The van der Waals surface area contributed by atoms with Crippen molar-refractivity contribution in [1.29, 1.82) is 0 Å². The van der Waals surface area contributed by atoms with Gasteiger partial charge in [-0.25, -0.2) is 9.97 Å². The Hall–Kier alpha value is -2.95. The number of aryl methyl sites for hydroxylation is 1. The quantitative estimate of drug-likeness (QED) is 0.798. The highest BCUT2D eigenvalue weighted by Crippen LogP contribution is 2.21. The fraction of sp³-hybridized carbons (Fsp3) is 0.0625. The maximum Gasteiger partial charge on any atom is 0.291 e. The van der Waals surface area contributed by atoms with Crippen LogP contribution in [0.4, 0.5) is 5.69 Å². The van der Waals surface area contributed by atoms with Crippen LogP contribution in [0, 0.1) is 6.92 Å². The molecule has 21 heavy (non-hydrogen) atoms. The van der Waals surface area contributed by atoms with Gasteiger partial charge in [0.05, 0.1) is 12.0 Å². The van der Waals surface area contributed by atoms with E-state index < -0.39 is 0 Å². The summed E-state index contributed by atoms with van der Waals surface area (Å²) >= 11 is 0. The average molecular weight is 279 g/mol. The molecule has 1 N–H and O–H groups in total. The van der Waals surface area contributed by atoms with Crippen molar-refractivity contribution < 1.29 is 9.21 Å². The van der Waals surface area contributed by atoms with Gasteiger partial charge >= 0.3 is 0 Å². The lowest BCUT2D eigenvalue weighted by Gasteiger charge is -2.06. The number of benzene rings is 1. The molecule has 0 atom stereocenters. The fourth-order valence-electron chi connectivity index (χ4n) is 1.97. The van der Waals surface area contributed by atoms with Crippen LogP contribution < -0.4 is 5.32 Å². The number of nitrogens with zero attached hydrogens (tertiary/aromatic N) is 2. The maximum absolute atomic E-state index is 11.9. The van der Waals surface area contributed by atoms with Gasteiger partial charge in [-0.3, -0.25) is 4.79 Å². The minimum absolute atomic E-state index is 0.276. The monoisotopic (exact) mass is 279 g/mol. The molecular formula is C16H13N3O2. The molecule has 5 nitrogen and oxygen atoms in total. The Labute approximate surface area is 121 Å². The number of hydrogen-bond donors (Lipinski definition) is 1. The largest absolute Gasteiger partial charge is 0.459 e. The van der Waals surface area contributed by atoms with E-state index in [1.165, 1.54) is 6.26 Å². The number of amides is 1. The van der Waals surface area contributed by atoms with Crippen LogP contribution in [0.1, 0.15) is 16.4 Å². The lowest BCUT2D eigenvalue weighted by molar-refractivity contribution is 0.0996. The van der Waals surface area contributed by atoms with Crippen LogP contribution in [0.3, 0.4) is 0 Å². The first kappa shape index (κ1) is 13.1. The summed E-state index contributed by atoms with van der Waals surface area (Å²) in [7, 11) is 0. The molecule has 0 radical (unpaired) electrons. The molecule has 0 aliphatic heterocycles. The number of rotatable bonds is 3. The SMILES string of the molecule is Cc1nccc(-c2cccc(NC(=O)c3ccco3)c2)n1. The first-order chi connectivity index (χ1) is 10.2. The molecule has 3 rings (SSSR count). The molecule has 5 heteroatoms. The summed E-state index contributed by atoms with van der Waals surface area (Å²) in [6.45, 7) is 1.84. The van der Waals surface area contributed by atoms with Crippen molar-refractivity contribution in [3.8, 4) is 11.3 Å². The highest BCUT2D eigenvalue weighted by atomic mass is 16.3. The zero-order valence-corrected chi connectivity index (χ0v) is 11.4. The van der Waals surface area contributed by atoms with E-state index in [0.29, 0.717) is 11.5 Å². The summed E-state index contributed by atoms with van der Waals surface area (Å²) in [4.78, 5) is 20.4. The predicted octanol–water partition coefficient (Wildman–Crippen LogP) is 3.30. The number of anilines is 1. The average Bonchev–Trinajstić information content (AvgIpc) is 3.02. The van der Waals surface area contributed by atoms with E-state index in [1.807, 2.05) is 37.3 Å². The lowest BCUT2D eigenvalue weighted by Crippen LogP contribution is -2.10. The van der Waals surface area contributed by atoms with Gasteiger partial charge in [0.1, 0.15) is 5.82 Å². The maximum atomic E-state index is 11.9. The fourth-order valence-corrected chi connectivity index (χ4v) is 1.97. The third kappa shape index (κ3) is 2.97. The number of hydrogen-bond acceptors (Lipinski definition) is 4. The predicted molar refractivity (Wildman–Crippen MR) is 78.9 cm³/mol. The first-order valence-corrected chi connectivity index (χ1v) is 6.47. The minimum Gasteiger partial charge on any atom is -0.459 e. The number of carbonyl (C=O) groups is 1. The molecule has 2 heterocycles. The zero-order chi connectivity index (χ0) is 14.7. The van der Waals surface area contributed by atoms with Gasteiger partial charge in [0, 0.05) is 17.4 Å². The van der Waals surface area contributed by atoms with Crippen LogP contribution in [-0.2, 0) is 0 Å². The summed E-state index contributed by atoms with van der Waals surface area (Å²) in [5.74, 6) is 0.701. The Bertz CT molecular complexity index is 767. The van der Waals surface area contributed by atoms with Crippen molar-refractivity contribution in [3.05, 3.63) is 66.5 Å². The third-order valence-electron chi connectivity index (χ3n) is 2.94. The van der Waals surface area contributed by atoms with Crippen LogP contribution in [0.5, 0.6) is 0 Å². The third-order valence-corrected chi connectivity index (χ3v) is 2.94. The Kier molecular flexibility index (Phi) is 3.47. The molecule has 104 valence electrons. The van der Waals surface area contributed by atoms with Gasteiger partial charge in [0.15, 0.2) is 5.76 Å². The molecule has 0 unspecified atom stereocenters. The molecule has 1 aromatic carbocycles. The number of nitrogens with one attached hydrogen (secondary N) is 1. The van der Waals surface area contributed by atoms with Gasteiger partial charge in [-0.05, 0) is 37.3 Å². The second-order valence-electron chi connectivity index (χ2n) is 4.50. The van der Waals surface area contributed by atoms with Gasteiger partial charge in [-0.15, -0.1) is 0 Å². The van der Waals surface area contributed by atoms with Gasteiger partial charge in [-0.1, -0.05) is 12.1 Å². The van der Waals surface area contributed by atoms with Crippen molar-refractivity contribution in [1.82, 2.24) is 9.97 Å². The molecule has 0 aliphatic rings. The number of aromatic nitrogens is 2. The molecule has 0 saturated carbocycles. The minimum atomic E-state index is -0.281. The summed E-state index contributed by atoms with van der Waals surface area (Å²) in [5, 5.41) is 2.79. The first-order valence-electron chi connectivity index (χ1n) is 6.47. The van der Waals surface area contributed by atoms with E-state index >= 15 is 0 Å². The standard InChI is InChI=1S/C16H13N3O2/c1-11-17-8-7-14(18-11)12-4-2-5-13(10-12)19-16(20)15-6-3-9-21-15/h2-10H,1H3,(H,19,20). The van der Waals surface area contributed by atoms with Crippen LogP contribution in [0.15, 0.2) is 59.3 Å². The van der Waals surface area contributed by atoms with Crippen LogP contribution in [-0.4, -0.2) is 15.9 Å². The van der Waals surface area contributed by atoms with E-state index in [0.717, 1.165) is 11.3 Å². The Morgan fingerprint density at radius 2 is 2.10 bits per heavy atom. The molecule has 0 spiro atoms. The summed E-state index contributed by atoms with van der Waals surface area (Å²) in [6.07, 6.45) is 3.18. The van der Waals surface area contributed by atoms with Crippen molar-refractivity contribution >= 4 is 11.6 Å².